The van der Waals surface area contributed by atoms with E-state index in [4.69, 9.17) is 4.74 Å². The SMILES string of the molecule is CC(C)=CCC/C(C)=C/COc1ccc(/C=C/C=O)cc1C. The minimum atomic E-state index is 0.588. The molecule has 0 spiro atoms. The van der Waals surface area contributed by atoms with Crippen molar-refractivity contribution in [3.05, 3.63) is 58.7 Å². The number of carbonyl (C=O) groups is 1. The number of hydrogen-bond donors (Lipinski definition) is 0. The number of aldehydes is 1. The Balaban J connectivity index is 2.52. The predicted molar refractivity (Wildman–Crippen MR) is 94.2 cm³/mol. The van der Waals surface area contributed by atoms with E-state index >= 15 is 0 Å². The molecule has 0 saturated heterocycles. The molecule has 22 heavy (non-hydrogen) atoms. The highest BCUT2D eigenvalue weighted by atomic mass is 16.5. The van der Waals surface area contributed by atoms with Gasteiger partial charge in [-0.25, -0.2) is 0 Å². The van der Waals surface area contributed by atoms with Crippen LogP contribution in [0, 0.1) is 6.92 Å². The first-order valence-corrected chi connectivity index (χ1v) is 7.67. The van der Waals surface area contributed by atoms with Crippen LogP contribution in [0.4, 0.5) is 0 Å². The van der Waals surface area contributed by atoms with Crippen LogP contribution >= 0.6 is 0 Å². The van der Waals surface area contributed by atoms with Crippen LogP contribution in [0.25, 0.3) is 6.08 Å². The van der Waals surface area contributed by atoms with Crippen molar-refractivity contribution in [1.29, 1.82) is 0 Å². The third kappa shape index (κ3) is 7.07. The molecular weight excluding hydrogens is 272 g/mol. The zero-order chi connectivity index (χ0) is 16.4. The fraction of sp³-hybridized carbons (Fsp3) is 0.350. The zero-order valence-corrected chi connectivity index (χ0v) is 14.1. The van der Waals surface area contributed by atoms with Crippen molar-refractivity contribution in [3.63, 3.8) is 0 Å². The third-order valence-corrected chi connectivity index (χ3v) is 3.33. The Labute approximate surface area is 134 Å². The molecule has 0 atom stereocenters. The van der Waals surface area contributed by atoms with Gasteiger partial charge in [0, 0.05) is 0 Å². The van der Waals surface area contributed by atoms with E-state index in [2.05, 4.69) is 32.9 Å². The van der Waals surface area contributed by atoms with E-state index in [9.17, 15) is 4.79 Å². The standard InChI is InChI=1S/C20H26O2/c1-16(2)7-5-8-17(3)12-14-22-20-11-10-19(9-6-13-21)15-18(20)4/h6-7,9-13,15H,5,8,14H2,1-4H3/b9-6+,17-12+. The number of allylic oxidation sites excluding steroid dienone is 4. The summed E-state index contributed by atoms with van der Waals surface area (Å²) in [5.41, 5.74) is 4.79. The minimum Gasteiger partial charge on any atom is -0.489 e. The quantitative estimate of drug-likeness (QED) is 0.371. The van der Waals surface area contributed by atoms with Gasteiger partial charge in [-0.15, -0.1) is 0 Å². The molecule has 0 heterocycles. The lowest BCUT2D eigenvalue weighted by Crippen LogP contribution is -1.97. The van der Waals surface area contributed by atoms with Crippen molar-refractivity contribution in [2.45, 2.75) is 40.5 Å². The molecule has 1 aromatic rings. The van der Waals surface area contributed by atoms with Crippen LogP contribution in [0.5, 0.6) is 5.75 Å². The maximum Gasteiger partial charge on any atom is 0.142 e. The molecular formula is C20H26O2. The highest BCUT2D eigenvalue weighted by Gasteiger charge is 1.99. The second kappa shape index (κ2) is 9.78. The molecule has 2 heteroatoms. The lowest BCUT2D eigenvalue weighted by Gasteiger charge is -2.08. The predicted octanol–water partition coefficient (Wildman–Crippen LogP) is 5.28. The maximum absolute atomic E-state index is 10.3. The van der Waals surface area contributed by atoms with Crippen molar-refractivity contribution in [1.82, 2.24) is 0 Å². The van der Waals surface area contributed by atoms with E-state index in [-0.39, 0.29) is 0 Å². The van der Waals surface area contributed by atoms with Crippen LogP contribution in [0.1, 0.15) is 44.7 Å². The normalized spacial score (nSPS) is 11.5. The molecule has 0 aliphatic carbocycles. The highest BCUT2D eigenvalue weighted by molar-refractivity contribution is 5.74. The minimum absolute atomic E-state index is 0.588. The van der Waals surface area contributed by atoms with Crippen molar-refractivity contribution in [3.8, 4) is 5.75 Å². The smallest absolute Gasteiger partial charge is 0.142 e. The van der Waals surface area contributed by atoms with Crippen LogP contribution in [-0.2, 0) is 4.79 Å². The number of benzene rings is 1. The molecule has 0 radical (unpaired) electrons. The average molecular weight is 298 g/mol. The molecule has 0 aromatic heterocycles. The van der Waals surface area contributed by atoms with Crippen molar-refractivity contribution in [2.75, 3.05) is 6.61 Å². The Morgan fingerprint density at radius 2 is 1.95 bits per heavy atom. The van der Waals surface area contributed by atoms with E-state index in [0.29, 0.717) is 6.61 Å². The van der Waals surface area contributed by atoms with E-state index in [1.807, 2.05) is 25.1 Å². The van der Waals surface area contributed by atoms with Crippen molar-refractivity contribution >= 4 is 12.4 Å². The Morgan fingerprint density at radius 1 is 1.18 bits per heavy atom. The summed E-state index contributed by atoms with van der Waals surface area (Å²) in [6.07, 6.45) is 10.6. The van der Waals surface area contributed by atoms with Gasteiger partial charge in [0.15, 0.2) is 0 Å². The summed E-state index contributed by atoms with van der Waals surface area (Å²) in [4.78, 5) is 10.3. The average Bonchev–Trinajstić information content (AvgIpc) is 2.46. The number of aryl methyl sites for hydroxylation is 1. The van der Waals surface area contributed by atoms with E-state index in [1.165, 1.54) is 17.2 Å². The van der Waals surface area contributed by atoms with E-state index in [0.717, 1.165) is 36.0 Å². The molecule has 0 bridgehead atoms. The first kappa shape index (κ1) is 18.0. The lowest BCUT2D eigenvalue weighted by molar-refractivity contribution is -0.104. The second-order valence-corrected chi connectivity index (χ2v) is 5.70. The van der Waals surface area contributed by atoms with Gasteiger partial charge in [0.2, 0.25) is 0 Å². The second-order valence-electron chi connectivity index (χ2n) is 5.70. The molecule has 0 saturated carbocycles. The summed E-state index contributed by atoms with van der Waals surface area (Å²) in [6, 6.07) is 5.92. The summed E-state index contributed by atoms with van der Waals surface area (Å²) in [7, 11) is 0. The Kier molecular flexibility index (Phi) is 7.98. The van der Waals surface area contributed by atoms with E-state index in [1.54, 1.807) is 6.08 Å². The fourth-order valence-electron chi connectivity index (χ4n) is 2.05. The topological polar surface area (TPSA) is 26.3 Å². The molecule has 2 nitrogen and oxygen atoms in total. The Hall–Kier alpha value is -2.09. The molecule has 0 unspecified atom stereocenters. The van der Waals surface area contributed by atoms with Gasteiger partial charge < -0.3 is 4.74 Å². The molecule has 0 aliphatic rings. The van der Waals surface area contributed by atoms with Crippen LogP contribution < -0.4 is 4.74 Å². The summed E-state index contributed by atoms with van der Waals surface area (Å²) in [5, 5.41) is 0. The van der Waals surface area contributed by atoms with Crippen molar-refractivity contribution < 1.29 is 9.53 Å². The molecule has 1 aromatic carbocycles. The monoisotopic (exact) mass is 298 g/mol. The molecule has 0 aliphatic heterocycles. The van der Waals surface area contributed by atoms with Gasteiger partial charge in [-0.1, -0.05) is 29.4 Å². The van der Waals surface area contributed by atoms with Gasteiger partial charge >= 0.3 is 0 Å². The van der Waals surface area contributed by atoms with Crippen LogP contribution in [0.15, 0.2) is 47.6 Å². The van der Waals surface area contributed by atoms with Gasteiger partial charge in [-0.2, -0.15) is 0 Å². The van der Waals surface area contributed by atoms with Crippen molar-refractivity contribution in [2.24, 2.45) is 0 Å². The number of ether oxygens (including phenoxy) is 1. The Bertz CT molecular complexity index is 573. The molecule has 1 rings (SSSR count). The van der Waals surface area contributed by atoms with Gasteiger partial charge in [-0.05, 0) is 75.9 Å². The van der Waals surface area contributed by atoms with Gasteiger partial charge in [0.05, 0.1) is 0 Å². The summed E-state index contributed by atoms with van der Waals surface area (Å²) < 4.78 is 5.81. The first-order valence-electron chi connectivity index (χ1n) is 7.67. The summed E-state index contributed by atoms with van der Waals surface area (Å²) in [6.45, 7) is 8.99. The van der Waals surface area contributed by atoms with Gasteiger partial charge in [0.1, 0.15) is 18.6 Å². The third-order valence-electron chi connectivity index (χ3n) is 3.33. The molecule has 0 amide bonds. The number of carbonyl (C=O) groups excluding carboxylic acids is 1. The van der Waals surface area contributed by atoms with Gasteiger partial charge in [-0.3, -0.25) is 4.79 Å². The van der Waals surface area contributed by atoms with Crippen LogP contribution in [-0.4, -0.2) is 12.9 Å². The fourth-order valence-corrected chi connectivity index (χ4v) is 2.05. The van der Waals surface area contributed by atoms with E-state index < -0.39 is 0 Å². The summed E-state index contributed by atoms with van der Waals surface area (Å²) in [5.74, 6) is 0.886. The maximum atomic E-state index is 10.3. The largest absolute Gasteiger partial charge is 0.489 e. The molecule has 118 valence electrons. The molecule has 0 fully saturated rings. The summed E-state index contributed by atoms with van der Waals surface area (Å²) >= 11 is 0. The Morgan fingerprint density at radius 3 is 2.59 bits per heavy atom. The van der Waals surface area contributed by atoms with Crippen LogP contribution in [0.3, 0.4) is 0 Å². The number of hydrogen-bond acceptors (Lipinski definition) is 2. The zero-order valence-electron chi connectivity index (χ0n) is 14.1. The lowest BCUT2D eigenvalue weighted by atomic mass is 10.1. The molecule has 0 N–H and O–H groups in total. The van der Waals surface area contributed by atoms with Crippen LogP contribution in [0.2, 0.25) is 0 Å². The first-order chi connectivity index (χ1) is 10.5. The highest BCUT2D eigenvalue weighted by Crippen LogP contribution is 2.20. The number of rotatable bonds is 8. The van der Waals surface area contributed by atoms with Gasteiger partial charge in [0.25, 0.3) is 0 Å².